The van der Waals surface area contributed by atoms with Crippen LogP contribution in [0.5, 0.6) is 0 Å². The Kier molecular flexibility index (Phi) is 4.77. The minimum Gasteiger partial charge on any atom is -0.388 e. The van der Waals surface area contributed by atoms with Gasteiger partial charge >= 0.3 is 0 Å². The van der Waals surface area contributed by atoms with E-state index in [2.05, 4.69) is 5.10 Å². The van der Waals surface area contributed by atoms with Gasteiger partial charge < -0.3 is 14.7 Å². The Balaban J connectivity index is 2.13. The summed E-state index contributed by atoms with van der Waals surface area (Å²) in [5.41, 5.74) is 0.542. The molecule has 1 heterocycles. The Morgan fingerprint density at radius 3 is 2.80 bits per heavy atom. The molecule has 0 saturated heterocycles. The molecular formula is C14H23N3O3. The van der Waals surface area contributed by atoms with E-state index in [0.29, 0.717) is 5.56 Å². The van der Waals surface area contributed by atoms with Gasteiger partial charge in [0.15, 0.2) is 0 Å². The van der Waals surface area contributed by atoms with Crippen LogP contribution in [0.4, 0.5) is 0 Å². The van der Waals surface area contributed by atoms with Gasteiger partial charge in [-0.3, -0.25) is 9.48 Å². The molecule has 2 rings (SSSR count). The number of carbonyl (C=O) groups is 1. The van der Waals surface area contributed by atoms with E-state index in [-0.39, 0.29) is 18.1 Å². The van der Waals surface area contributed by atoms with E-state index in [1.807, 2.05) is 0 Å². The molecular weight excluding hydrogens is 258 g/mol. The summed E-state index contributed by atoms with van der Waals surface area (Å²) in [6.07, 6.45) is 6.03. The van der Waals surface area contributed by atoms with Crippen molar-refractivity contribution in [3.63, 3.8) is 0 Å². The zero-order chi connectivity index (χ0) is 14.7. The Labute approximate surface area is 119 Å². The zero-order valence-corrected chi connectivity index (χ0v) is 12.3. The monoisotopic (exact) mass is 281 g/mol. The molecule has 3 atom stereocenters. The fourth-order valence-electron chi connectivity index (χ4n) is 2.85. The van der Waals surface area contributed by atoms with E-state index in [0.717, 1.165) is 25.7 Å². The predicted octanol–water partition coefficient (Wildman–Crippen LogP) is 0.811. The van der Waals surface area contributed by atoms with Crippen molar-refractivity contribution in [3.8, 4) is 0 Å². The first-order valence-corrected chi connectivity index (χ1v) is 7.01. The van der Waals surface area contributed by atoms with Crippen LogP contribution in [-0.2, 0) is 11.8 Å². The molecule has 6 nitrogen and oxygen atoms in total. The number of nitrogens with zero attached hydrogens (tertiary/aromatic N) is 3. The molecule has 0 aliphatic heterocycles. The van der Waals surface area contributed by atoms with Crippen LogP contribution in [-0.4, -0.2) is 58.1 Å². The third-order valence-corrected chi connectivity index (χ3v) is 4.09. The van der Waals surface area contributed by atoms with Crippen LogP contribution in [0.15, 0.2) is 12.4 Å². The molecule has 1 saturated carbocycles. The molecule has 0 bridgehead atoms. The van der Waals surface area contributed by atoms with Gasteiger partial charge in [0.1, 0.15) is 6.10 Å². The number of aliphatic hydroxyl groups excluding tert-OH is 1. The molecule has 0 aromatic carbocycles. The predicted molar refractivity (Wildman–Crippen MR) is 74.4 cm³/mol. The van der Waals surface area contributed by atoms with Crippen molar-refractivity contribution in [2.75, 3.05) is 14.2 Å². The highest BCUT2D eigenvalue weighted by atomic mass is 16.5. The number of hydrogen-bond donors (Lipinski definition) is 1. The Morgan fingerprint density at radius 1 is 1.50 bits per heavy atom. The number of aliphatic hydroxyl groups is 1. The number of likely N-dealkylation sites (N-methyl/N-ethyl adjacent to an activating group) is 1. The van der Waals surface area contributed by atoms with Crippen LogP contribution < -0.4 is 0 Å². The minimum absolute atomic E-state index is 0.112. The molecule has 1 fully saturated rings. The number of aromatic nitrogens is 2. The molecule has 0 unspecified atom stereocenters. The number of carbonyl (C=O) groups excluding carboxylic acids is 1. The van der Waals surface area contributed by atoms with Gasteiger partial charge in [0.25, 0.3) is 5.91 Å². The van der Waals surface area contributed by atoms with Crippen LogP contribution in [0.25, 0.3) is 0 Å². The minimum atomic E-state index is -0.645. The van der Waals surface area contributed by atoms with Crippen LogP contribution >= 0.6 is 0 Å². The number of amides is 1. The second-order valence-corrected chi connectivity index (χ2v) is 5.44. The molecule has 1 aliphatic carbocycles. The van der Waals surface area contributed by atoms with Gasteiger partial charge in [0, 0.05) is 27.4 Å². The molecule has 1 N–H and O–H groups in total. The van der Waals surface area contributed by atoms with E-state index in [9.17, 15) is 9.90 Å². The lowest BCUT2D eigenvalue weighted by Gasteiger charge is -2.33. The van der Waals surface area contributed by atoms with Crippen molar-refractivity contribution in [1.82, 2.24) is 14.7 Å². The Bertz CT molecular complexity index is 460. The van der Waals surface area contributed by atoms with E-state index < -0.39 is 6.10 Å². The largest absolute Gasteiger partial charge is 0.388 e. The highest BCUT2D eigenvalue weighted by Crippen LogP contribution is 2.24. The van der Waals surface area contributed by atoms with Crippen molar-refractivity contribution in [3.05, 3.63) is 18.0 Å². The zero-order valence-electron chi connectivity index (χ0n) is 12.3. The Hall–Kier alpha value is -1.40. The number of aryl methyl sites for hydroxylation is 1. The standard InChI is InChI=1S/C14H23N3O3/c1-16-9-10(8-15-16)14(19)17(2)11-6-4-5-7-12(20-3)13(11)18/h8-9,11-13,18H,4-7H2,1-3H3/t11-,12-,13-/m1/s1. The van der Waals surface area contributed by atoms with Crippen LogP contribution in [0, 0.1) is 0 Å². The SMILES string of the molecule is CO[C@@H]1CCCC[C@@H](N(C)C(=O)c2cnn(C)c2)[C@H]1O. The summed E-state index contributed by atoms with van der Waals surface area (Å²) in [4.78, 5) is 14.1. The third-order valence-electron chi connectivity index (χ3n) is 4.09. The lowest BCUT2D eigenvalue weighted by Crippen LogP contribution is -2.48. The second kappa shape index (κ2) is 6.37. The van der Waals surface area contributed by atoms with E-state index in [1.54, 1.807) is 43.2 Å². The topological polar surface area (TPSA) is 67.6 Å². The summed E-state index contributed by atoms with van der Waals surface area (Å²) >= 11 is 0. The summed E-state index contributed by atoms with van der Waals surface area (Å²) < 4.78 is 6.95. The lowest BCUT2D eigenvalue weighted by molar-refractivity contribution is -0.0462. The smallest absolute Gasteiger partial charge is 0.257 e. The number of rotatable bonds is 3. The number of hydrogen-bond acceptors (Lipinski definition) is 4. The number of ether oxygens (including phenoxy) is 1. The fourth-order valence-corrected chi connectivity index (χ4v) is 2.85. The first-order chi connectivity index (χ1) is 9.54. The van der Waals surface area contributed by atoms with Gasteiger partial charge in [-0.25, -0.2) is 0 Å². The highest BCUT2D eigenvalue weighted by molar-refractivity contribution is 5.93. The van der Waals surface area contributed by atoms with Crippen LogP contribution in [0.3, 0.4) is 0 Å². The van der Waals surface area contributed by atoms with Crippen molar-refractivity contribution >= 4 is 5.91 Å². The van der Waals surface area contributed by atoms with Crippen molar-refractivity contribution in [1.29, 1.82) is 0 Å². The molecule has 112 valence electrons. The molecule has 6 heteroatoms. The average Bonchev–Trinajstić information content (AvgIpc) is 2.78. The molecule has 0 spiro atoms. The summed E-state index contributed by atoms with van der Waals surface area (Å²) in [5.74, 6) is -0.112. The quantitative estimate of drug-likeness (QED) is 0.833. The third kappa shape index (κ3) is 3.02. The molecule has 1 aromatic rings. The van der Waals surface area contributed by atoms with Gasteiger partial charge in [-0.2, -0.15) is 5.10 Å². The maximum absolute atomic E-state index is 12.4. The highest BCUT2D eigenvalue weighted by Gasteiger charge is 2.34. The van der Waals surface area contributed by atoms with Crippen molar-refractivity contribution in [2.45, 2.75) is 43.9 Å². The molecule has 1 aromatic heterocycles. The fraction of sp³-hybridized carbons (Fsp3) is 0.714. The normalized spacial score (nSPS) is 27.1. The molecule has 1 amide bonds. The van der Waals surface area contributed by atoms with E-state index in [4.69, 9.17) is 4.74 Å². The van der Waals surface area contributed by atoms with Crippen molar-refractivity contribution < 1.29 is 14.6 Å². The second-order valence-electron chi connectivity index (χ2n) is 5.44. The Morgan fingerprint density at radius 2 is 2.20 bits per heavy atom. The van der Waals surface area contributed by atoms with E-state index in [1.165, 1.54) is 0 Å². The number of methoxy groups -OCH3 is 1. The lowest BCUT2D eigenvalue weighted by atomic mass is 10.0. The molecule has 0 radical (unpaired) electrons. The summed E-state index contributed by atoms with van der Waals surface area (Å²) in [5, 5.41) is 14.5. The molecule has 20 heavy (non-hydrogen) atoms. The molecule has 1 aliphatic rings. The maximum Gasteiger partial charge on any atom is 0.257 e. The average molecular weight is 281 g/mol. The first kappa shape index (κ1) is 15.0. The van der Waals surface area contributed by atoms with Gasteiger partial charge in [-0.1, -0.05) is 12.8 Å². The van der Waals surface area contributed by atoms with Crippen LogP contribution in [0.1, 0.15) is 36.0 Å². The summed E-state index contributed by atoms with van der Waals surface area (Å²) in [6, 6.07) is -0.213. The van der Waals surface area contributed by atoms with Gasteiger partial charge in [0.05, 0.1) is 23.9 Å². The summed E-state index contributed by atoms with van der Waals surface area (Å²) in [7, 11) is 5.12. The van der Waals surface area contributed by atoms with Gasteiger partial charge in [-0.05, 0) is 12.8 Å². The van der Waals surface area contributed by atoms with Crippen LogP contribution in [0.2, 0.25) is 0 Å². The van der Waals surface area contributed by atoms with Gasteiger partial charge in [-0.15, -0.1) is 0 Å². The van der Waals surface area contributed by atoms with Crippen molar-refractivity contribution in [2.24, 2.45) is 7.05 Å². The van der Waals surface area contributed by atoms with E-state index >= 15 is 0 Å². The summed E-state index contributed by atoms with van der Waals surface area (Å²) in [6.45, 7) is 0. The first-order valence-electron chi connectivity index (χ1n) is 7.01. The van der Waals surface area contributed by atoms with Gasteiger partial charge in [0.2, 0.25) is 0 Å². The maximum atomic E-state index is 12.4.